The molecule has 2 aromatic carbocycles. The highest BCUT2D eigenvalue weighted by Crippen LogP contribution is 2.22. The van der Waals surface area contributed by atoms with E-state index in [9.17, 15) is 4.79 Å². The number of amides is 2. The summed E-state index contributed by atoms with van der Waals surface area (Å²) < 4.78 is 5.77. The van der Waals surface area contributed by atoms with Gasteiger partial charge in [0.05, 0.1) is 17.8 Å². The first-order valence-corrected chi connectivity index (χ1v) is 11.1. The summed E-state index contributed by atoms with van der Waals surface area (Å²) in [5.41, 5.74) is 3.66. The van der Waals surface area contributed by atoms with Crippen molar-refractivity contribution in [1.29, 1.82) is 0 Å². The van der Waals surface area contributed by atoms with Gasteiger partial charge in [-0.3, -0.25) is 0 Å². The van der Waals surface area contributed by atoms with Crippen molar-refractivity contribution in [3.05, 3.63) is 58.1 Å². The van der Waals surface area contributed by atoms with Gasteiger partial charge in [-0.15, -0.1) is 0 Å². The third-order valence-electron chi connectivity index (χ3n) is 4.44. The van der Waals surface area contributed by atoms with Crippen LogP contribution in [0.25, 0.3) is 0 Å². The number of ether oxygens (including phenoxy) is 1. The van der Waals surface area contributed by atoms with Gasteiger partial charge in [0, 0.05) is 16.3 Å². The van der Waals surface area contributed by atoms with Crippen LogP contribution in [-0.2, 0) is 0 Å². The smallest absolute Gasteiger partial charge is 0.339 e. The SMILES string of the molecule is CCCCCCCCCOc1ccc(/C=N\NC(=O)Nc2cccc(Cl)c2)c(Cl)c1. The molecule has 0 unspecified atom stereocenters. The number of benzene rings is 2. The monoisotopic (exact) mass is 449 g/mol. The first-order valence-electron chi connectivity index (χ1n) is 10.4. The molecular weight excluding hydrogens is 421 g/mol. The Bertz CT molecular complexity index is 828. The predicted octanol–water partition coefficient (Wildman–Crippen LogP) is 7.28. The lowest BCUT2D eigenvalue weighted by atomic mass is 10.1. The maximum Gasteiger partial charge on any atom is 0.339 e. The first-order chi connectivity index (χ1) is 14.6. The molecule has 2 amide bonds. The van der Waals surface area contributed by atoms with Crippen LogP contribution in [-0.4, -0.2) is 18.9 Å². The number of carbonyl (C=O) groups excluding carboxylic acids is 1. The molecule has 0 fully saturated rings. The molecule has 0 aliphatic carbocycles. The molecule has 0 saturated carbocycles. The topological polar surface area (TPSA) is 62.7 Å². The average Bonchev–Trinajstić information content (AvgIpc) is 2.71. The van der Waals surface area contributed by atoms with Crippen molar-refractivity contribution in [3.8, 4) is 5.75 Å². The zero-order chi connectivity index (χ0) is 21.6. The van der Waals surface area contributed by atoms with E-state index in [1.165, 1.54) is 44.7 Å². The maximum atomic E-state index is 11.9. The number of hydrogen-bond acceptors (Lipinski definition) is 3. The Labute approximate surface area is 188 Å². The number of nitrogens with zero attached hydrogens (tertiary/aromatic N) is 1. The minimum Gasteiger partial charge on any atom is -0.494 e. The van der Waals surface area contributed by atoms with Crippen molar-refractivity contribution in [3.63, 3.8) is 0 Å². The van der Waals surface area contributed by atoms with E-state index in [4.69, 9.17) is 27.9 Å². The van der Waals surface area contributed by atoms with Gasteiger partial charge in [0.25, 0.3) is 0 Å². The molecule has 0 aromatic heterocycles. The van der Waals surface area contributed by atoms with Gasteiger partial charge in [-0.1, -0.05) is 74.7 Å². The molecule has 0 heterocycles. The van der Waals surface area contributed by atoms with Gasteiger partial charge in [0.1, 0.15) is 5.75 Å². The summed E-state index contributed by atoms with van der Waals surface area (Å²) in [6, 6.07) is 11.8. The largest absolute Gasteiger partial charge is 0.494 e. The highest BCUT2D eigenvalue weighted by Gasteiger charge is 2.03. The molecule has 0 saturated heterocycles. The standard InChI is InChI=1S/C23H29Cl2N3O2/c1-2-3-4-5-6-7-8-14-30-21-13-12-18(22(25)16-21)17-26-28-23(29)27-20-11-9-10-19(24)15-20/h9-13,15-17H,2-8,14H2,1H3,(H2,27,28,29)/b26-17-. The molecule has 30 heavy (non-hydrogen) atoms. The van der Waals surface area contributed by atoms with E-state index in [1.54, 1.807) is 30.3 Å². The van der Waals surface area contributed by atoms with Gasteiger partial charge in [0.15, 0.2) is 0 Å². The van der Waals surface area contributed by atoms with E-state index < -0.39 is 6.03 Å². The van der Waals surface area contributed by atoms with Gasteiger partial charge < -0.3 is 10.1 Å². The second kappa shape index (κ2) is 13.9. The number of nitrogens with one attached hydrogen (secondary N) is 2. The Balaban J connectivity index is 1.70. The molecule has 0 aliphatic heterocycles. The second-order valence-electron chi connectivity index (χ2n) is 6.99. The number of carbonyl (C=O) groups is 1. The molecule has 162 valence electrons. The molecular formula is C23H29Cl2N3O2. The number of hydrazone groups is 1. The lowest BCUT2D eigenvalue weighted by Crippen LogP contribution is -2.24. The van der Waals surface area contributed by atoms with Crippen molar-refractivity contribution in [2.45, 2.75) is 51.9 Å². The summed E-state index contributed by atoms with van der Waals surface area (Å²) in [4.78, 5) is 11.9. The Morgan fingerprint density at radius 2 is 1.80 bits per heavy atom. The lowest BCUT2D eigenvalue weighted by Gasteiger charge is -2.08. The Hall–Kier alpha value is -2.24. The van der Waals surface area contributed by atoms with E-state index in [2.05, 4.69) is 22.8 Å². The van der Waals surface area contributed by atoms with Gasteiger partial charge >= 0.3 is 6.03 Å². The fourth-order valence-corrected chi connectivity index (χ4v) is 3.25. The zero-order valence-corrected chi connectivity index (χ0v) is 18.8. The summed E-state index contributed by atoms with van der Waals surface area (Å²) in [5.74, 6) is 0.731. The third-order valence-corrected chi connectivity index (χ3v) is 5.00. The molecule has 7 heteroatoms. The number of hydrogen-bond donors (Lipinski definition) is 2. The van der Waals surface area contributed by atoms with Crippen LogP contribution >= 0.6 is 23.2 Å². The van der Waals surface area contributed by atoms with E-state index in [0.29, 0.717) is 27.9 Å². The molecule has 2 N–H and O–H groups in total. The summed E-state index contributed by atoms with van der Waals surface area (Å²) in [7, 11) is 0. The fourth-order valence-electron chi connectivity index (χ4n) is 2.84. The van der Waals surface area contributed by atoms with Crippen molar-refractivity contribution in [2.24, 2.45) is 5.10 Å². The number of anilines is 1. The minimum absolute atomic E-state index is 0.473. The van der Waals surface area contributed by atoms with Gasteiger partial charge in [-0.25, -0.2) is 10.2 Å². The predicted molar refractivity (Wildman–Crippen MR) is 126 cm³/mol. The van der Waals surface area contributed by atoms with Gasteiger partial charge in [-0.05, 0) is 42.8 Å². The molecule has 2 rings (SSSR count). The van der Waals surface area contributed by atoms with Crippen LogP contribution in [0.15, 0.2) is 47.6 Å². The number of halogens is 2. The zero-order valence-electron chi connectivity index (χ0n) is 17.3. The molecule has 5 nitrogen and oxygen atoms in total. The number of urea groups is 1. The molecule has 2 aromatic rings. The highest BCUT2D eigenvalue weighted by molar-refractivity contribution is 6.33. The maximum absolute atomic E-state index is 11.9. The molecule has 0 atom stereocenters. The van der Waals surface area contributed by atoms with Crippen LogP contribution in [0, 0.1) is 0 Å². The molecule has 0 bridgehead atoms. The van der Waals surface area contributed by atoms with Crippen LogP contribution in [0.5, 0.6) is 5.75 Å². The van der Waals surface area contributed by atoms with Crippen molar-refractivity contribution in [2.75, 3.05) is 11.9 Å². The summed E-state index contributed by atoms with van der Waals surface area (Å²) in [6.07, 6.45) is 10.2. The fraction of sp³-hybridized carbons (Fsp3) is 0.391. The van der Waals surface area contributed by atoms with E-state index >= 15 is 0 Å². The van der Waals surface area contributed by atoms with E-state index in [-0.39, 0.29) is 0 Å². The third kappa shape index (κ3) is 9.51. The van der Waals surface area contributed by atoms with Crippen LogP contribution in [0.1, 0.15) is 57.4 Å². The summed E-state index contributed by atoms with van der Waals surface area (Å²) in [6.45, 7) is 2.91. The first kappa shape index (κ1) is 24.0. The van der Waals surface area contributed by atoms with Crippen molar-refractivity contribution in [1.82, 2.24) is 5.43 Å². The van der Waals surface area contributed by atoms with Crippen molar-refractivity contribution >= 4 is 41.1 Å². The lowest BCUT2D eigenvalue weighted by molar-refractivity contribution is 0.252. The summed E-state index contributed by atoms with van der Waals surface area (Å²) >= 11 is 12.2. The normalized spacial score (nSPS) is 10.9. The summed E-state index contributed by atoms with van der Waals surface area (Å²) in [5, 5.41) is 7.61. The highest BCUT2D eigenvalue weighted by atomic mass is 35.5. The van der Waals surface area contributed by atoms with Crippen LogP contribution in [0.2, 0.25) is 10.0 Å². The molecule has 0 spiro atoms. The van der Waals surface area contributed by atoms with Crippen LogP contribution in [0.3, 0.4) is 0 Å². The van der Waals surface area contributed by atoms with E-state index in [1.807, 2.05) is 12.1 Å². The van der Waals surface area contributed by atoms with Gasteiger partial charge in [0.2, 0.25) is 0 Å². The average molecular weight is 450 g/mol. The van der Waals surface area contributed by atoms with Crippen molar-refractivity contribution < 1.29 is 9.53 Å². The second-order valence-corrected chi connectivity index (χ2v) is 7.83. The Morgan fingerprint density at radius 3 is 2.53 bits per heavy atom. The van der Waals surface area contributed by atoms with Crippen LogP contribution < -0.4 is 15.5 Å². The Morgan fingerprint density at radius 1 is 1.03 bits per heavy atom. The van der Waals surface area contributed by atoms with Crippen LogP contribution in [0.4, 0.5) is 10.5 Å². The molecule has 0 aliphatic rings. The molecule has 0 radical (unpaired) electrons. The number of unbranched alkanes of at least 4 members (excludes halogenated alkanes) is 6. The minimum atomic E-state index is -0.473. The number of rotatable bonds is 12. The Kier molecular flexibility index (Phi) is 11.1. The van der Waals surface area contributed by atoms with E-state index in [0.717, 1.165) is 12.2 Å². The van der Waals surface area contributed by atoms with Gasteiger partial charge in [-0.2, -0.15) is 5.10 Å². The quantitative estimate of drug-likeness (QED) is 0.203.